The van der Waals surface area contributed by atoms with Crippen molar-refractivity contribution in [1.29, 1.82) is 0 Å². The summed E-state index contributed by atoms with van der Waals surface area (Å²) in [4.78, 5) is 0. The molecule has 0 radical (unpaired) electrons. The van der Waals surface area contributed by atoms with Crippen molar-refractivity contribution in [2.24, 2.45) is 0 Å². The van der Waals surface area contributed by atoms with E-state index in [2.05, 4.69) is 31.2 Å². The predicted molar refractivity (Wildman–Crippen MR) is 57.7 cm³/mol. The summed E-state index contributed by atoms with van der Waals surface area (Å²) in [6.07, 6.45) is 0. The van der Waals surface area contributed by atoms with E-state index < -0.39 is 0 Å². The average molecular weight is 192 g/mol. The Morgan fingerprint density at radius 3 is 2.77 bits per heavy atom. The Morgan fingerprint density at radius 1 is 1.31 bits per heavy atom. The molecule has 1 heterocycles. The lowest BCUT2D eigenvalue weighted by Gasteiger charge is -1.98. The SMILES string of the molecule is CCOc1sc2ccccc2c1C. The smallest absolute Gasteiger partial charge is 0.177 e. The standard InChI is InChI=1S/C11H12OS/c1-3-12-11-8(2)9-6-4-5-7-10(9)13-11/h4-7H,3H2,1-2H3. The molecule has 0 aliphatic rings. The van der Waals surface area contributed by atoms with Crippen molar-refractivity contribution in [2.45, 2.75) is 13.8 Å². The Hall–Kier alpha value is -1.02. The van der Waals surface area contributed by atoms with E-state index >= 15 is 0 Å². The van der Waals surface area contributed by atoms with Crippen molar-refractivity contribution in [3.8, 4) is 5.06 Å². The number of aryl methyl sites for hydroxylation is 1. The summed E-state index contributed by atoms with van der Waals surface area (Å²) in [5, 5.41) is 2.37. The fourth-order valence-corrected chi connectivity index (χ4v) is 2.54. The van der Waals surface area contributed by atoms with E-state index in [4.69, 9.17) is 4.74 Å². The third kappa shape index (κ3) is 1.42. The summed E-state index contributed by atoms with van der Waals surface area (Å²) in [5.74, 6) is 0. The van der Waals surface area contributed by atoms with Crippen LogP contribution in [0.4, 0.5) is 0 Å². The Morgan fingerprint density at radius 2 is 2.08 bits per heavy atom. The Kier molecular flexibility index (Phi) is 2.23. The van der Waals surface area contributed by atoms with Gasteiger partial charge in [-0.1, -0.05) is 29.5 Å². The summed E-state index contributed by atoms with van der Waals surface area (Å²) in [5.41, 5.74) is 1.27. The molecule has 0 bridgehead atoms. The lowest BCUT2D eigenvalue weighted by atomic mass is 10.2. The van der Waals surface area contributed by atoms with Crippen LogP contribution in [0.2, 0.25) is 0 Å². The maximum Gasteiger partial charge on any atom is 0.177 e. The van der Waals surface area contributed by atoms with Gasteiger partial charge in [-0.05, 0) is 25.3 Å². The molecule has 0 saturated carbocycles. The lowest BCUT2D eigenvalue weighted by molar-refractivity contribution is 0.348. The van der Waals surface area contributed by atoms with Gasteiger partial charge in [0.2, 0.25) is 0 Å². The zero-order chi connectivity index (χ0) is 9.26. The Balaban J connectivity index is 2.60. The molecule has 1 nitrogen and oxygen atoms in total. The van der Waals surface area contributed by atoms with E-state index in [9.17, 15) is 0 Å². The Bertz CT molecular complexity index is 417. The van der Waals surface area contributed by atoms with Crippen LogP contribution in [0, 0.1) is 6.92 Å². The zero-order valence-corrected chi connectivity index (χ0v) is 8.65. The van der Waals surface area contributed by atoms with Crippen molar-refractivity contribution < 1.29 is 4.74 Å². The van der Waals surface area contributed by atoms with Crippen LogP contribution in [0.15, 0.2) is 24.3 Å². The van der Waals surface area contributed by atoms with Crippen LogP contribution >= 0.6 is 11.3 Å². The van der Waals surface area contributed by atoms with Gasteiger partial charge >= 0.3 is 0 Å². The first-order chi connectivity index (χ1) is 6.33. The van der Waals surface area contributed by atoms with Gasteiger partial charge in [-0.3, -0.25) is 0 Å². The van der Waals surface area contributed by atoms with Crippen LogP contribution in [0.25, 0.3) is 10.1 Å². The number of hydrogen-bond donors (Lipinski definition) is 0. The van der Waals surface area contributed by atoms with Gasteiger partial charge in [0.25, 0.3) is 0 Å². The first-order valence-electron chi connectivity index (χ1n) is 4.44. The molecule has 1 aromatic carbocycles. The van der Waals surface area contributed by atoms with E-state index in [1.807, 2.05) is 6.92 Å². The molecule has 0 spiro atoms. The van der Waals surface area contributed by atoms with Crippen molar-refractivity contribution in [3.05, 3.63) is 29.8 Å². The van der Waals surface area contributed by atoms with Gasteiger partial charge in [0.05, 0.1) is 6.61 Å². The van der Waals surface area contributed by atoms with Crippen LogP contribution in [-0.4, -0.2) is 6.61 Å². The first-order valence-corrected chi connectivity index (χ1v) is 5.25. The van der Waals surface area contributed by atoms with Gasteiger partial charge in [0.1, 0.15) is 0 Å². The van der Waals surface area contributed by atoms with E-state index in [1.54, 1.807) is 11.3 Å². The molecule has 0 saturated heterocycles. The van der Waals surface area contributed by atoms with E-state index in [-0.39, 0.29) is 0 Å². The van der Waals surface area contributed by atoms with Gasteiger partial charge in [-0.25, -0.2) is 0 Å². The summed E-state index contributed by atoms with van der Waals surface area (Å²) >= 11 is 1.73. The highest BCUT2D eigenvalue weighted by Gasteiger charge is 2.07. The summed E-state index contributed by atoms with van der Waals surface area (Å²) in [6, 6.07) is 8.41. The van der Waals surface area contributed by atoms with E-state index in [0.717, 1.165) is 11.7 Å². The molecular formula is C11H12OS. The second kappa shape index (κ2) is 3.38. The average Bonchev–Trinajstić information content (AvgIpc) is 2.46. The maximum absolute atomic E-state index is 5.54. The quantitative estimate of drug-likeness (QED) is 0.706. The van der Waals surface area contributed by atoms with E-state index in [0.29, 0.717) is 0 Å². The number of fused-ring (bicyclic) bond motifs is 1. The van der Waals surface area contributed by atoms with Gasteiger partial charge in [-0.2, -0.15) is 0 Å². The Labute approximate surface area is 82.0 Å². The molecule has 2 rings (SSSR count). The van der Waals surface area contributed by atoms with Crippen LogP contribution in [0.5, 0.6) is 5.06 Å². The second-order valence-electron chi connectivity index (χ2n) is 2.94. The number of rotatable bonds is 2. The third-order valence-electron chi connectivity index (χ3n) is 2.08. The van der Waals surface area contributed by atoms with Crippen molar-refractivity contribution in [3.63, 3.8) is 0 Å². The molecule has 0 fully saturated rings. The van der Waals surface area contributed by atoms with Crippen molar-refractivity contribution in [1.82, 2.24) is 0 Å². The molecule has 2 heteroatoms. The molecule has 0 amide bonds. The zero-order valence-electron chi connectivity index (χ0n) is 7.83. The summed E-state index contributed by atoms with van der Waals surface area (Å²) in [6.45, 7) is 4.88. The molecule has 2 aromatic rings. The minimum atomic E-state index is 0.744. The topological polar surface area (TPSA) is 9.23 Å². The normalized spacial score (nSPS) is 10.6. The monoisotopic (exact) mass is 192 g/mol. The molecular weight excluding hydrogens is 180 g/mol. The van der Waals surface area contributed by atoms with Gasteiger partial charge < -0.3 is 4.74 Å². The third-order valence-corrected chi connectivity index (χ3v) is 3.26. The number of thiophene rings is 1. The molecule has 0 aliphatic carbocycles. The van der Waals surface area contributed by atoms with Gasteiger partial charge in [0, 0.05) is 10.3 Å². The molecule has 0 atom stereocenters. The second-order valence-corrected chi connectivity index (χ2v) is 3.96. The predicted octanol–water partition coefficient (Wildman–Crippen LogP) is 3.61. The molecule has 68 valence electrons. The van der Waals surface area contributed by atoms with Crippen LogP contribution < -0.4 is 4.74 Å². The van der Waals surface area contributed by atoms with Gasteiger partial charge in [-0.15, -0.1) is 0 Å². The highest BCUT2D eigenvalue weighted by atomic mass is 32.1. The van der Waals surface area contributed by atoms with Crippen molar-refractivity contribution >= 4 is 21.4 Å². The summed E-state index contributed by atoms with van der Waals surface area (Å²) < 4.78 is 6.85. The number of hydrogen-bond acceptors (Lipinski definition) is 2. The molecule has 0 unspecified atom stereocenters. The molecule has 0 N–H and O–H groups in total. The highest BCUT2D eigenvalue weighted by molar-refractivity contribution is 7.21. The number of benzene rings is 1. The maximum atomic E-state index is 5.54. The first kappa shape index (κ1) is 8.57. The van der Waals surface area contributed by atoms with Crippen LogP contribution in [0.1, 0.15) is 12.5 Å². The van der Waals surface area contributed by atoms with Crippen LogP contribution in [-0.2, 0) is 0 Å². The lowest BCUT2D eigenvalue weighted by Crippen LogP contribution is -1.89. The minimum absolute atomic E-state index is 0.744. The fraction of sp³-hybridized carbons (Fsp3) is 0.273. The molecule has 1 aromatic heterocycles. The largest absolute Gasteiger partial charge is 0.484 e. The molecule has 13 heavy (non-hydrogen) atoms. The van der Waals surface area contributed by atoms with Gasteiger partial charge in [0.15, 0.2) is 5.06 Å². The number of ether oxygens (including phenoxy) is 1. The van der Waals surface area contributed by atoms with Crippen LogP contribution in [0.3, 0.4) is 0 Å². The summed E-state index contributed by atoms with van der Waals surface area (Å²) in [7, 11) is 0. The molecule has 0 aliphatic heterocycles. The van der Waals surface area contributed by atoms with E-state index in [1.165, 1.54) is 15.6 Å². The minimum Gasteiger partial charge on any atom is -0.484 e. The fourth-order valence-electron chi connectivity index (χ4n) is 1.42. The van der Waals surface area contributed by atoms with Crippen molar-refractivity contribution in [2.75, 3.05) is 6.61 Å². The highest BCUT2D eigenvalue weighted by Crippen LogP contribution is 2.36.